The minimum absolute atomic E-state index is 0.390. The van der Waals surface area contributed by atoms with Crippen molar-refractivity contribution >= 4 is 11.5 Å². The van der Waals surface area contributed by atoms with Gasteiger partial charge in [-0.1, -0.05) is 6.07 Å². The van der Waals surface area contributed by atoms with Gasteiger partial charge in [-0.2, -0.15) is 15.6 Å². The Hall–Kier alpha value is -2.99. The first-order valence-electron chi connectivity index (χ1n) is 7.22. The highest BCUT2D eigenvalue weighted by atomic mass is 15.2. The number of benzene rings is 1. The number of anilines is 2. The largest absolute Gasteiger partial charge is 0.382 e. The number of hydrogen-bond acceptors (Lipinski definition) is 5. The summed E-state index contributed by atoms with van der Waals surface area (Å²) in [5.41, 5.74) is 8.59. The van der Waals surface area contributed by atoms with E-state index in [0.29, 0.717) is 22.9 Å². The molecule has 1 aromatic heterocycles. The lowest BCUT2D eigenvalue weighted by molar-refractivity contribution is 0.495. The SMILES string of the molecule is N#Cc1cccc(C#N)c1N1CCC(c2cc(N)n[nH]2)CC1. The number of para-hydroxylation sites is 1. The van der Waals surface area contributed by atoms with Gasteiger partial charge in [0.25, 0.3) is 0 Å². The summed E-state index contributed by atoms with van der Waals surface area (Å²) in [6.07, 6.45) is 1.87. The number of rotatable bonds is 2. The van der Waals surface area contributed by atoms with Crippen LogP contribution in [0.25, 0.3) is 0 Å². The normalized spacial score (nSPS) is 15.3. The van der Waals surface area contributed by atoms with Gasteiger partial charge in [0.05, 0.1) is 16.8 Å². The molecule has 0 aliphatic carbocycles. The van der Waals surface area contributed by atoms with Crippen LogP contribution in [0.2, 0.25) is 0 Å². The molecule has 3 N–H and O–H groups in total. The second-order valence-corrected chi connectivity index (χ2v) is 5.43. The molecule has 1 saturated heterocycles. The highest BCUT2D eigenvalue weighted by Gasteiger charge is 2.25. The predicted octanol–water partition coefficient (Wildman–Crippen LogP) is 2.12. The molecule has 2 heterocycles. The Kier molecular flexibility index (Phi) is 3.67. The Balaban J connectivity index is 1.80. The molecule has 6 nitrogen and oxygen atoms in total. The average Bonchev–Trinajstić information content (AvgIpc) is 3.00. The minimum atomic E-state index is 0.390. The molecule has 110 valence electrons. The Bertz CT molecular complexity index is 723. The zero-order valence-electron chi connectivity index (χ0n) is 12.1. The standard InChI is InChI=1S/C16H16N6/c17-9-12-2-1-3-13(10-18)16(12)22-6-4-11(5-7-22)14-8-15(19)21-20-14/h1-3,8,11H,4-7H2,(H3,19,20,21). The average molecular weight is 292 g/mol. The van der Waals surface area contributed by atoms with Gasteiger partial charge in [0, 0.05) is 30.8 Å². The molecule has 1 aliphatic heterocycles. The van der Waals surface area contributed by atoms with Gasteiger partial charge in [-0.05, 0) is 25.0 Å². The number of nitriles is 2. The van der Waals surface area contributed by atoms with Crippen LogP contribution in [0.5, 0.6) is 0 Å². The fourth-order valence-corrected chi connectivity index (χ4v) is 3.04. The molecule has 0 spiro atoms. The summed E-state index contributed by atoms with van der Waals surface area (Å²) in [5, 5.41) is 25.5. The van der Waals surface area contributed by atoms with Crippen molar-refractivity contribution in [3.63, 3.8) is 0 Å². The van der Waals surface area contributed by atoms with Crippen molar-refractivity contribution in [1.82, 2.24) is 10.2 Å². The third-order valence-electron chi connectivity index (χ3n) is 4.15. The fraction of sp³-hybridized carbons (Fsp3) is 0.312. The molecular formula is C16H16N6. The maximum Gasteiger partial charge on any atom is 0.145 e. The van der Waals surface area contributed by atoms with Gasteiger partial charge >= 0.3 is 0 Å². The molecule has 0 bridgehead atoms. The number of nitrogens with zero attached hydrogens (tertiary/aromatic N) is 4. The van der Waals surface area contributed by atoms with E-state index in [-0.39, 0.29) is 0 Å². The van der Waals surface area contributed by atoms with Crippen LogP contribution < -0.4 is 10.6 Å². The highest BCUT2D eigenvalue weighted by Crippen LogP contribution is 2.33. The quantitative estimate of drug-likeness (QED) is 0.882. The first kappa shape index (κ1) is 14.0. The molecule has 0 unspecified atom stereocenters. The van der Waals surface area contributed by atoms with E-state index in [1.54, 1.807) is 18.2 Å². The zero-order chi connectivity index (χ0) is 15.5. The maximum absolute atomic E-state index is 9.29. The van der Waals surface area contributed by atoms with Crippen molar-refractivity contribution in [2.75, 3.05) is 23.7 Å². The Morgan fingerprint density at radius 2 is 1.82 bits per heavy atom. The summed E-state index contributed by atoms with van der Waals surface area (Å²) in [6, 6.07) is 11.5. The molecule has 3 rings (SSSR count). The molecule has 0 saturated carbocycles. The van der Waals surface area contributed by atoms with Crippen LogP contribution in [-0.2, 0) is 0 Å². The summed E-state index contributed by atoms with van der Waals surface area (Å²) in [5.74, 6) is 0.903. The molecule has 22 heavy (non-hydrogen) atoms. The minimum Gasteiger partial charge on any atom is -0.382 e. The molecule has 1 aliphatic rings. The predicted molar refractivity (Wildman–Crippen MR) is 83.1 cm³/mol. The van der Waals surface area contributed by atoms with Gasteiger partial charge in [0.15, 0.2) is 0 Å². The van der Waals surface area contributed by atoms with E-state index in [0.717, 1.165) is 37.3 Å². The monoisotopic (exact) mass is 292 g/mol. The van der Waals surface area contributed by atoms with Crippen molar-refractivity contribution in [2.45, 2.75) is 18.8 Å². The van der Waals surface area contributed by atoms with E-state index in [9.17, 15) is 10.5 Å². The number of nitrogens with two attached hydrogens (primary N) is 1. The molecule has 1 fully saturated rings. The lowest BCUT2D eigenvalue weighted by Crippen LogP contribution is -2.34. The lowest BCUT2D eigenvalue weighted by Gasteiger charge is -2.34. The molecule has 1 aromatic carbocycles. The van der Waals surface area contributed by atoms with Crippen molar-refractivity contribution < 1.29 is 0 Å². The number of aromatic nitrogens is 2. The summed E-state index contributed by atoms with van der Waals surface area (Å²) in [6.45, 7) is 1.61. The van der Waals surface area contributed by atoms with E-state index in [1.165, 1.54) is 0 Å². The number of H-pyrrole nitrogens is 1. The highest BCUT2D eigenvalue weighted by molar-refractivity contribution is 5.68. The van der Waals surface area contributed by atoms with Crippen LogP contribution >= 0.6 is 0 Å². The summed E-state index contributed by atoms with van der Waals surface area (Å²) >= 11 is 0. The van der Waals surface area contributed by atoms with Crippen LogP contribution in [0.4, 0.5) is 11.5 Å². The van der Waals surface area contributed by atoms with Crippen LogP contribution in [0, 0.1) is 22.7 Å². The third-order valence-corrected chi connectivity index (χ3v) is 4.15. The van der Waals surface area contributed by atoms with Gasteiger partial charge in [0.1, 0.15) is 18.0 Å². The van der Waals surface area contributed by atoms with E-state index in [1.807, 2.05) is 6.07 Å². The summed E-state index contributed by atoms with van der Waals surface area (Å²) < 4.78 is 0. The molecule has 0 radical (unpaired) electrons. The van der Waals surface area contributed by atoms with Crippen LogP contribution in [-0.4, -0.2) is 23.3 Å². The van der Waals surface area contributed by atoms with E-state index in [4.69, 9.17) is 5.73 Å². The van der Waals surface area contributed by atoms with Gasteiger partial charge in [0.2, 0.25) is 0 Å². The molecule has 6 heteroatoms. The smallest absolute Gasteiger partial charge is 0.145 e. The topological polar surface area (TPSA) is 106 Å². The molecule has 0 amide bonds. The van der Waals surface area contributed by atoms with E-state index < -0.39 is 0 Å². The van der Waals surface area contributed by atoms with Crippen molar-refractivity contribution in [2.24, 2.45) is 0 Å². The number of hydrogen-bond donors (Lipinski definition) is 2. The zero-order valence-corrected chi connectivity index (χ0v) is 12.1. The number of nitrogen functional groups attached to an aromatic ring is 1. The van der Waals surface area contributed by atoms with E-state index >= 15 is 0 Å². The van der Waals surface area contributed by atoms with E-state index in [2.05, 4.69) is 27.2 Å². The van der Waals surface area contributed by atoms with Crippen molar-refractivity contribution in [3.8, 4) is 12.1 Å². The number of nitrogens with one attached hydrogen (secondary N) is 1. The second kappa shape index (κ2) is 5.79. The van der Waals surface area contributed by atoms with Gasteiger partial charge in [-0.15, -0.1) is 0 Å². The first-order valence-corrected chi connectivity index (χ1v) is 7.22. The first-order chi connectivity index (χ1) is 10.7. The van der Waals surface area contributed by atoms with Crippen molar-refractivity contribution in [3.05, 3.63) is 41.1 Å². The number of piperidine rings is 1. The van der Waals surface area contributed by atoms with Gasteiger partial charge in [-0.3, -0.25) is 5.10 Å². The van der Waals surface area contributed by atoms with Gasteiger partial charge in [-0.25, -0.2) is 0 Å². The molecular weight excluding hydrogens is 276 g/mol. The third kappa shape index (κ3) is 2.47. The fourth-order valence-electron chi connectivity index (χ4n) is 3.04. The van der Waals surface area contributed by atoms with Gasteiger partial charge < -0.3 is 10.6 Å². The Morgan fingerprint density at radius 1 is 1.18 bits per heavy atom. The van der Waals surface area contributed by atoms with Crippen molar-refractivity contribution in [1.29, 1.82) is 10.5 Å². The molecule has 2 aromatic rings. The maximum atomic E-state index is 9.29. The Morgan fingerprint density at radius 3 is 2.32 bits per heavy atom. The number of aromatic amines is 1. The summed E-state index contributed by atoms with van der Waals surface area (Å²) in [7, 11) is 0. The van der Waals surface area contributed by atoms with Crippen LogP contribution in [0.1, 0.15) is 35.6 Å². The van der Waals surface area contributed by atoms with Crippen LogP contribution in [0.15, 0.2) is 24.3 Å². The summed E-state index contributed by atoms with van der Waals surface area (Å²) in [4.78, 5) is 2.13. The lowest BCUT2D eigenvalue weighted by atomic mass is 9.92. The molecule has 0 atom stereocenters. The Labute approximate surface area is 128 Å². The second-order valence-electron chi connectivity index (χ2n) is 5.43. The van der Waals surface area contributed by atoms with Crippen LogP contribution in [0.3, 0.4) is 0 Å².